The summed E-state index contributed by atoms with van der Waals surface area (Å²) in [4.78, 5) is 14.2. The summed E-state index contributed by atoms with van der Waals surface area (Å²) in [6, 6.07) is 15.6. The standard InChI is InChI=1S/C19H21NO3/c1-22-16-8-10-17(11-9-16)23-14-4-7-19(21)20-13-12-15-5-2-3-6-18(15)20/h2-3,5-6,8-11H,4,7,12-14H2,1H3. The van der Waals surface area contributed by atoms with Crippen LogP contribution in [0.1, 0.15) is 18.4 Å². The number of hydrogen-bond donors (Lipinski definition) is 0. The van der Waals surface area contributed by atoms with Crippen molar-refractivity contribution in [1.82, 2.24) is 0 Å². The van der Waals surface area contributed by atoms with Crippen LogP contribution in [0.4, 0.5) is 5.69 Å². The van der Waals surface area contributed by atoms with Crippen molar-refractivity contribution in [3.63, 3.8) is 0 Å². The van der Waals surface area contributed by atoms with Crippen molar-refractivity contribution >= 4 is 11.6 Å². The third-order valence-electron chi connectivity index (χ3n) is 4.05. The molecule has 0 bridgehead atoms. The molecular formula is C19H21NO3. The molecule has 1 aliphatic rings. The number of ether oxygens (including phenoxy) is 2. The smallest absolute Gasteiger partial charge is 0.227 e. The van der Waals surface area contributed by atoms with Crippen LogP contribution in [-0.2, 0) is 11.2 Å². The molecule has 120 valence electrons. The van der Waals surface area contributed by atoms with Crippen molar-refractivity contribution in [3.05, 3.63) is 54.1 Å². The van der Waals surface area contributed by atoms with E-state index in [1.165, 1.54) is 5.56 Å². The van der Waals surface area contributed by atoms with Crippen molar-refractivity contribution in [2.24, 2.45) is 0 Å². The Morgan fingerprint density at radius 3 is 2.61 bits per heavy atom. The van der Waals surface area contributed by atoms with E-state index in [-0.39, 0.29) is 5.91 Å². The van der Waals surface area contributed by atoms with Crippen LogP contribution in [0.15, 0.2) is 48.5 Å². The summed E-state index contributed by atoms with van der Waals surface area (Å²) in [5, 5.41) is 0. The monoisotopic (exact) mass is 311 g/mol. The molecule has 0 unspecified atom stereocenters. The van der Waals surface area contributed by atoms with Gasteiger partial charge in [-0.2, -0.15) is 0 Å². The van der Waals surface area contributed by atoms with Gasteiger partial charge in [0.15, 0.2) is 0 Å². The number of rotatable bonds is 6. The van der Waals surface area contributed by atoms with Crippen LogP contribution in [0.3, 0.4) is 0 Å². The lowest BCUT2D eigenvalue weighted by molar-refractivity contribution is -0.118. The number of fused-ring (bicyclic) bond motifs is 1. The molecule has 4 heteroatoms. The van der Waals surface area contributed by atoms with E-state index in [4.69, 9.17) is 9.47 Å². The number of benzene rings is 2. The van der Waals surface area contributed by atoms with Crippen LogP contribution < -0.4 is 14.4 Å². The van der Waals surface area contributed by atoms with E-state index in [1.54, 1.807) is 7.11 Å². The molecule has 2 aromatic carbocycles. The van der Waals surface area contributed by atoms with E-state index >= 15 is 0 Å². The molecule has 1 heterocycles. The summed E-state index contributed by atoms with van der Waals surface area (Å²) in [5.41, 5.74) is 2.32. The largest absolute Gasteiger partial charge is 0.497 e. The van der Waals surface area contributed by atoms with Gasteiger partial charge in [-0.05, 0) is 48.7 Å². The molecule has 0 aromatic heterocycles. The van der Waals surface area contributed by atoms with Crippen LogP contribution in [0.2, 0.25) is 0 Å². The first-order valence-corrected chi connectivity index (χ1v) is 7.93. The number of carbonyl (C=O) groups excluding carboxylic acids is 1. The fourth-order valence-corrected chi connectivity index (χ4v) is 2.82. The summed E-state index contributed by atoms with van der Waals surface area (Å²) < 4.78 is 10.8. The first-order chi connectivity index (χ1) is 11.3. The number of methoxy groups -OCH3 is 1. The Bertz CT molecular complexity index is 667. The predicted octanol–water partition coefficient (Wildman–Crippen LogP) is 3.44. The number of anilines is 1. The van der Waals surface area contributed by atoms with Gasteiger partial charge in [0, 0.05) is 18.7 Å². The van der Waals surface area contributed by atoms with Crippen molar-refractivity contribution < 1.29 is 14.3 Å². The Kier molecular flexibility index (Phi) is 4.81. The van der Waals surface area contributed by atoms with Crippen LogP contribution in [0.25, 0.3) is 0 Å². The number of amides is 1. The highest BCUT2D eigenvalue weighted by atomic mass is 16.5. The summed E-state index contributed by atoms with van der Waals surface area (Å²) in [6.45, 7) is 1.32. The maximum atomic E-state index is 12.4. The van der Waals surface area contributed by atoms with Crippen LogP contribution in [0, 0.1) is 0 Å². The lowest BCUT2D eigenvalue weighted by Crippen LogP contribution is -2.28. The highest BCUT2D eigenvalue weighted by Crippen LogP contribution is 2.28. The van der Waals surface area contributed by atoms with E-state index in [0.29, 0.717) is 19.4 Å². The van der Waals surface area contributed by atoms with Crippen LogP contribution in [0.5, 0.6) is 11.5 Å². The molecule has 0 saturated heterocycles. The van der Waals surface area contributed by atoms with E-state index < -0.39 is 0 Å². The highest BCUT2D eigenvalue weighted by Gasteiger charge is 2.23. The SMILES string of the molecule is COc1ccc(OCCCC(=O)N2CCc3ccccc32)cc1. The lowest BCUT2D eigenvalue weighted by atomic mass is 10.2. The zero-order valence-corrected chi connectivity index (χ0v) is 13.3. The Morgan fingerprint density at radius 1 is 1.09 bits per heavy atom. The molecule has 4 nitrogen and oxygen atoms in total. The maximum Gasteiger partial charge on any atom is 0.227 e. The van der Waals surface area contributed by atoms with Gasteiger partial charge in [0.05, 0.1) is 13.7 Å². The normalized spacial score (nSPS) is 12.8. The van der Waals surface area contributed by atoms with Crippen molar-refractivity contribution in [1.29, 1.82) is 0 Å². The summed E-state index contributed by atoms with van der Waals surface area (Å²) in [7, 11) is 1.64. The summed E-state index contributed by atoms with van der Waals surface area (Å²) in [5.74, 6) is 1.78. The fraction of sp³-hybridized carbons (Fsp3) is 0.316. The van der Waals surface area contributed by atoms with E-state index in [2.05, 4.69) is 6.07 Å². The fourth-order valence-electron chi connectivity index (χ4n) is 2.82. The van der Waals surface area contributed by atoms with Gasteiger partial charge in [-0.15, -0.1) is 0 Å². The second-order valence-electron chi connectivity index (χ2n) is 5.55. The minimum Gasteiger partial charge on any atom is -0.497 e. The van der Waals surface area contributed by atoms with Gasteiger partial charge in [0.2, 0.25) is 5.91 Å². The van der Waals surface area contributed by atoms with Gasteiger partial charge in [-0.3, -0.25) is 4.79 Å². The van der Waals surface area contributed by atoms with Gasteiger partial charge in [-0.1, -0.05) is 18.2 Å². The Labute approximate surface area is 136 Å². The first kappa shape index (κ1) is 15.4. The lowest BCUT2D eigenvalue weighted by Gasteiger charge is -2.17. The zero-order chi connectivity index (χ0) is 16.1. The molecule has 0 fully saturated rings. The Balaban J connectivity index is 1.45. The van der Waals surface area contributed by atoms with Crippen molar-refractivity contribution in [2.45, 2.75) is 19.3 Å². The number of carbonyl (C=O) groups is 1. The second kappa shape index (κ2) is 7.18. The molecule has 0 N–H and O–H groups in total. The van der Waals surface area contributed by atoms with Gasteiger partial charge in [0.25, 0.3) is 0 Å². The first-order valence-electron chi connectivity index (χ1n) is 7.93. The molecule has 23 heavy (non-hydrogen) atoms. The topological polar surface area (TPSA) is 38.8 Å². The van der Waals surface area contributed by atoms with Crippen LogP contribution >= 0.6 is 0 Å². The summed E-state index contributed by atoms with van der Waals surface area (Å²) >= 11 is 0. The molecule has 1 amide bonds. The molecule has 0 atom stereocenters. The minimum atomic E-state index is 0.174. The number of para-hydroxylation sites is 1. The second-order valence-corrected chi connectivity index (χ2v) is 5.55. The van der Waals surface area contributed by atoms with E-state index in [0.717, 1.165) is 30.2 Å². The number of hydrogen-bond acceptors (Lipinski definition) is 3. The molecule has 1 aliphatic heterocycles. The average Bonchev–Trinajstić information content (AvgIpc) is 3.03. The molecule has 0 saturated carbocycles. The Morgan fingerprint density at radius 2 is 1.83 bits per heavy atom. The van der Waals surface area contributed by atoms with Gasteiger partial charge in [-0.25, -0.2) is 0 Å². The molecule has 2 aromatic rings. The van der Waals surface area contributed by atoms with Gasteiger partial charge < -0.3 is 14.4 Å². The maximum absolute atomic E-state index is 12.4. The highest BCUT2D eigenvalue weighted by molar-refractivity contribution is 5.95. The zero-order valence-electron chi connectivity index (χ0n) is 13.3. The van der Waals surface area contributed by atoms with E-state index in [9.17, 15) is 4.79 Å². The third-order valence-corrected chi connectivity index (χ3v) is 4.05. The molecule has 0 radical (unpaired) electrons. The molecule has 3 rings (SSSR count). The van der Waals surface area contributed by atoms with Gasteiger partial charge in [0.1, 0.15) is 11.5 Å². The summed E-state index contributed by atoms with van der Waals surface area (Å²) in [6.07, 6.45) is 2.16. The van der Waals surface area contributed by atoms with Gasteiger partial charge >= 0.3 is 0 Å². The average molecular weight is 311 g/mol. The van der Waals surface area contributed by atoms with Crippen molar-refractivity contribution in [3.8, 4) is 11.5 Å². The molecule has 0 aliphatic carbocycles. The van der Waals surface area contributed by atoms with Crippen LogP contribution in [-0.4, -0.2) is 26.2 Å². The number of nitrogens with zero attached hydrogens (tertiary/aromatic N) is 1. The third kappa shape index (κ3) is 3.65. The predicted molar refractivity (Wildman–Crippen MR) is 90.2 cm³/mol. The Hall–Kier alpha value is -2.49. The van der Waals surface area contributed by atoms with Crippen molar-refractivity contribution in [2.75, 3.05) is 25.2 Å². The molecular weight excluding hydrogens is 290 g/mol. The quantitative estimate of drug-likeness (QED) is 0.767. The molecule has 0 spiro atoms. The van der Waals surface area contributed by atoms with E-state index in [1.807, 2.05) is 47.4 Å². The minimum absolute atomic E-state index is 0.174.